The van der Waals surface area contributed by atoms with E-state index in [0.29, 0.717) is 18.0 Å². The van der Waals surface area contributed by atoms with Crippen LogP contribution in [0.15, 0.2) is 53.4 Å². The van der Waals surface area contributed by atoms with Gasteiger partial charge in [0.15, 0.2) is 11.5 Å². The van der Waals surface area contributed by atoms with Crippen LogP contribution in [-0.2, 0) is 4.79 Å². The van der Waals surface area contributed by atoms with Crippen molar-refractivity contribution in [2.45, 2.75) is 11.3 Å². The molecule has 0 aromatic heterocycles. The minimum atomic E-state index is 0.581. The Kier molecular flexibility index (Phi) is 6.81. The van der Waals surface area contributed by atoms with Gasteiger partial charge in [-0.1, -0.05) is 24.3 Å². The molecule has 0 atom stereocenters. The molecule has 0 aliphatic heterocycles. The number of methoxy groups -OCH3 is 2. The van der Waals surface area contributed by atoms with Gasteiger partial charge in [-0.05, 0) is 36.4 Å². The molecule has 0 radical (unpaired) electrons. The van der Waals surface area contributed by atoms with E-state index in [0.717, 1.165) is 24.3 Å². The Labute approximate surface area is 141 Å². The summed E-state index contributed by atoms with van der Waals surface area (Å²) in [6, 6.07) is 15.8. The molecule has 122 valence electrons. The van der Waals surface area contributed by atoms with Crippen molar-refractivity contribution in [3.05, 3.63) is 48.5 Å². The summed E-state index contributed by atoms with van der Waals surface area (Å²) in [5, 5.41) is 0. The Hall–Kier alpha value is -2.14. The number of carbonyl (C=O) groups excluding carboxylic acids is 1. The molecule has 4 nitrogen and oxygen atoms in total. The fourth-order valence-electron chi connectivity index (χ4n) is 2.27. The third-order valence-electron chi connectivity index (χ3n) is 3.37. The van der Waals surface area contributed by atoms with E-state index in [1.807, 2.05) is 36.4 Å². The van der Waals surface area contributed by atoms with Gasteiger partial charge in [0.1, 0.15) is 0 Å². The Balaban J connectivity index is 1.96. The van der Waals surface area contributed by atoms with Crippen molar-refractivity contribution in [3.8, 4) is 11.5 Å². The van der Waals surface area contributed by atoms with Crippen LogP contribution < -0.4 is 14.4 Å². The van der Waals surface area contributed by atoms with Crippen molar-refractivity contribution in [2.24, 2.45) is 0 Å². The summed E-state index contributed by atoms with van der Waals surface area (Å²) in [5.74, 6) is 2.15. The van der Waals surface area contributed by atoms with Crippen LogP contribution in [0.2, 0.25) is 0 Å². The normalized spacial score (nSPS) is 10.2. The van der Waals surface area contributed by atoms with Crippen molar-refractivity contribution in [1.82, 2.24) is 0 Å². The molecule has 2 aromatic carbocycles. The topological polar surface area (TPSA) is 38.8 Å². The highest BCUT2D eigenvalue weighted by Gasteiger charge is 2.15. The highest BCUT2D eigenvalue weighted by atomic mass is 32.2. The molecule has 1 amide bonds. The molecule has 0 bridgehead atoms. The molecule has 5 heteroatoms. The Bertz CT molecular complexity index is 619. The van der Waals surface area contributed by atoms with E-state index in [1.165, 1.54) is 4.90 Å². The summed E-state index contributed by atoms with van der Waals surface area (Å²) in [4.78, 5) is 14.4. The Morgan fingerprint density at radius 1 is 1.04 bits per heavy atom. The zero-order valence-electron chi connectivity index (χ0n) is 13.4. The van der Waals surface area contributed by atoms with Crippen LogP contribution >= 0.6 is 11.8 Å². The second kappa shape index (κ2) is 9.10. The number of hydrogen-bond donors (Lipinski definition) is 0. The predicted octanol–water partition coefficient (Wildman–Crippen LogP) is 3.85. The summed E-state index contributed by atoms with van der Waals surface area (Å²) in [7, 11) is 3.17. The van der Waals surface area contributed by atoms with Gasteiger partial charge in [-0.3, -0.25) is 4.79 Å². The van der Waals surface area contributed by atoms with Gasteiger partial charge in [0.2, 0.25) is 6.41 Å². The molecule has 23 heavy (non-hydrogen) atoms. The zero-order valence-corrected chi connectivity index (χ0v) is 14.2. The maximum absolute atomic E-state index is 11.5. The largest absolute Gasteiger partial charge is 0.493 e. The zero-order chi connectivity index (χ0) is 16.5. The van der Waals surface area contributed by atoms with Crippen LogP contribution in [0.25, 0.3) is 0 Å². The van der Waals surface area contributed by atoms with Gasteiger partial charge in [0, 0.05) is 11.4 Å². The van der Waals surface area contributed by atoms with Crippen molar-refractivity contribution in [2.75, 3.05) is 31.4 Å². The lowest BCUT2D eigenvalue weighted by atomic mass is 10.2. The molecule has 0 aliphatic carbocycles. The third-order valence-corrected chi connectivity index (χ3v) is 4.47. The van der Waals surface area contributed by atoms with Crippen LogP contribution in [0.4, 0.5) is 5.69 Å². The van der Waals surface area contributed by atoms with Crippen LogP contribution in [0, 0.1) is 0 Å². The molecule has 0 N–H and O–H groups in total. The van der Waals surface area contributed by atoms with Gasteiger partial charge >= 0.3 is 0 Å². The lowest BCUT2D eigenvalue weighted by Gasteiger charge is -2.21. The molecule has 0 aliphatic rings. The molecular formula is C18H21NO3S. The molecule has 2 rings (SSSR count). The van der Waals surface area contributed by atoms with E-state index in [-0.39, 0.29) is 0 Å². The van der Waals surface area contributed by atoms with Gasteiger partial charge < -0.3 is 14.4 Å². The molecular weight excluding hydrogens is 310 g/mol. The average Bonchev–Trinajstić information content (AvgIpc) is 2.62. The van der Waals surface area contributed by atoms with Crippen LogP contribution in [0.5, 0.6) is 11.5 Å². The van der Waals surface area contributed by atoms with Crippen molar-refractivity contribution in [1.29, 1.82) is 0 Å². The number of amides is 1. The van der Waals surface area contributed by atoms with Crippen LogP contribution in [0.1, 0.15) is 6.42 Å². The predicted molar refractivity (Wildman–Crippen MR) is 94.7 cm³/mol. The highest BCUT2D eigenvalue weighted by molar-refractivity contribution is 7.99. The fourth-order valence-corrected chi connectivity index (χ4v) is 3.13. The highest BCUT2D eigenvalue weighted by Crippen LogP contribution is 2.36. The lowest BCUT2D eigenvalue weighted by Crippen LogP contribution is -2.23. The Morgan fingerprint density at radius 3 is 2.48 bits per heavy atom. The third kappa shape index (κ3) is 4.66. The first-order valence-electron chi connectivity index (χ1n) is 7.41. The van der Waals surface area contributed by atoms with Gasteiger partial charge in [-0.25, -0.2) is 0 Å². The molecule has 0 saturated heterocycles. The maximum Gasteiger partial charge on any atom is 0.214 e. The summed E-state index contributed by atoms with van der Waals surface area (Å²) in [5.41, 5.74) is 0.728. The summed E-state index contributed by atoms with van der Waals surface area (Å²) in [6.07, 6.45) is 1.73. The smallest absolute Gasteiger partial charge is 0.214 e. The van der Waals surface area contributed by atoms with E-state index in [1.54, 1.807) is 30.9 Å². The number of anilines is 1. The second-order valence-corrected chi connectivity index (χ2v) is 5.99. The minimum absolute atomic E-state index is 0.581. The number of hydrogen-bond acceptors (Lipinski definition) is 4. The summed E-state index contributed by atoms with van der Waals surface area (Å²) < 4.78 is 10.7. The fraction of sp³-hybridized carbons (Fsp3) is 0.278. The Morgan fingerprint density at radius 2 is 1.83 bits per heavy atom. The van der Waals surface area contributed by atoms with Crippen LogP contribution in [-0.4, -0.2) is 32.9 Å². The number of ether oxygens (including phenoxy) is 2. The van der Waals surface area contributed by atoms with E-state index >= 15 is 0 Å². The van der Waals surface area contributed by atoms with E-state index in [2.05, 4.69) is 12.1 Å². The minimum Gasteiger partial charge on any atom is -0.493 e. The maximum atomic E-state index is 11.5. The summed E-state index contributed by atoms with van der Waals surface area (Å²) >= 11 is 1.79. The first-order chi connectivity index (χ1) is 11.3. The van der Waals surface area contributed by atoms with Crippen molar-refractivity contribution < 1.29 is 14.3 Å². The number of thioether (sulfide) groups is 1. The molecule has 0 saturated carbocycles. The van der Waals surface area contributed by atoms with Gasteiger partial charge in [0.05, 0.1) is 19.9 Å². The lowest BCUT2D eigenvalue weighted by molar-refractivity contribution is -0.107. The number of nitrogens with zero attached hydrogens (tertiary/aromatic N) is 1. The standard InChI is InChI=1S/C18H21NO3S/c1-21-17-11-6-10-16(18(17)22-2)19(14-20)12-7-13-23-15-8-4-3-5-9-15/h3-6,8-11,14H,7,12-13H2,1-2H3. The van der Waals surface area contributed by atoms with E-state index in [4.69, 9.17) is 9.47 Å². The van der Waals surface area contributed by atoms with Gasteiger partial charge in [0.25, 0.3) is 0 Å². The van der Waals surface area contributed by atoms with Crippen molar-refractivity contribution >= 4 is 23.9 Å². The number of carbonyl (C=O) groups is 1. The average molecular weight is 331 g/mol. The quantitative estimate of drug-likeness (QED) is 0.397. The van der Waals surface area contributed by atoms with Crippen LogP contribution in [0.3, 0.4) is 0 Å². The molecule has 0 heterocycles. The molecule has 0 fully saturated rings. The monoisotopic (exact) mass is 331 g/mol. The molecule has 0 unspecified atom stereocenters. The first-order valence-corrected chi connectivity index (χ1v) is 8.39. The van der Waals surface area contributed by atoms with Crippen molar-refractivity contribution in [3.63, 3.8) is 0 Å². The summed E-state index contributed by atoms with van der Waals surface area (Å²) in [6.45, 7) is 0.632. The molecule has 2 aromatic rings. The van der Waals surface area contributed by atoms with E-state index in [9.17, 15) is 4.79 Å². The first kappa shape index (κ1) is 17.2. The SMILES string of the molecule is COc1cccc(N(C=O)CCCSc2ccccc2)c1OC. The van der Waals surface area contributed by atoms with Gasteiger partial charge in [-0.2, -0.15) is 0 Å². The van der Waals surface area contributed by atoms with Gasteiger partial charge in [-0.15, -0.1) is 11.8 Å². The second-order valence-electron chi connectivity index (χ2n) is 4.83. The number of rotatable bonds is 9. The van der Waals surface area contributed by atoms with E-state index < -0.39 is 0 Å². The number of benzene rings is 2. The molecule has 0 spiro atoms. The number of para-hydroxylation sites is 1.